The predicted octanol–water partition coefficient (Wildman–Crippen LogP) is 2.35. The summed E-state index contributed by atoms with van der Waals surface area (Å²) in [6.07, 6.45) is 1.59. The molecule has 0 aromatic carbocycles. The van der Waals surface area contributed by atoms with Crippen LogP contribution in [-0.4, -0.2) is 29.5 Å². The summed E-state index contributed by atoms with van der Waals surface area (Å²) in [5.41, 5.74) is 0.258. The van der Waals surface area contributed by atoms with Gasteiger partial charge in [-0.15, -0.1) is 11.3 Å². The summed E-state index contributed by atoms with van der Waals surface area (Å²) < 4.78 is 10.7. The zero-order valence-electron chi connectivity index (χ0n) is 10.8. The molecule has 1 aliphatic rings. The van der Waals surface area contributed by atoms with E-state index in [4.69, 9.17) is 9.47 Å². The van der Waals surface area contributed by atoms with Crippen LogP contribution in [0.25, 0.3) is 0 Å². The van der Waals surface area contributed by atoms with E-state index >= 15 is 0 Å². The van der Waals surface area contributed by atoms with Crippen LogP contribution in [0, 0.1) is 0 Å². The lowest BCUT2D eigenvalue weighted by molar-refractivity contribution is -0.146. The molecule has 0 amide bonds. The average molecular weight is 301 g/mol. The highest BCUT2D eigenvalue weighted by Gasteiger charge is 2.54. The van der Waals surface area contributed by atoms with Crippen LogP contribution in [-0.2, 0) is 24.5 Å². The molecular weight excluding hydrogens is 286 g/mol. The van der Waals surface area contributed by atoms with Gasteiger partial charge in [-0.25, -0.2) is 4.98 Å². The third kappa shape index (κ3) is 3.27. The smallest absolute Gasteiger partial charge is 0.318 e. The number of carbonyl (C=O) groups is 2. The van der Waals surface area contributed by atoms with Gasteiger partial charge in [-0.1, -0.05) is 11.8 Å². The SMILES string of the molecule is CCOC(=O)C1(c2csc(SCOC(C)=O)n2)CC1. The molecule has 1 aromatic rings. The molecule has 0 spiro atoms. The van der Waals surface area contributed by atoms with Crippen molar-refractivity contribution < 1.29 is 19.1 Å². The van der Waals surface area contributed by atoms with Crippen molar-refractivity contribution in [2.45, 2.75) is 36.4 Å². The maximum atomic E-state index is 11.9. The fourth-order valence-electron chi connectivity index (χ4n) is 1.67. The molecule has 0 unspecified atom stereocenters. The number of rotatable bonds is 6. The van der Waals surface area contributed by atoms with Gasteiger partial charge in [0.25, 0.3) is 0 Å². The minimum Gasteiger partial charge on any atom is -0.465 e. The largest absolute Gasteiger partial charge is 0.465 e. The second kappa shape index (κ2) is 5.92. The summed E-state index contributed by atoms with van der Waals surface area (Å²) in [6, 6.07) is 0. The van der Waals surface area contributed by atoms with Crippen LogP contribution in [0.15, 0.2) is 9.72 Å². The van der Waals surface area contributed by atoms with Crippen LogP contribution in [0.4, 0.5) is 0 Å². The molecule has 5 nitrogen and oxygen atoms in total. The minimum atomic E-state index is -0.521. The Morgan fingerprint density at radius 1 is 1.47 bits per heavy atom. The number of esters is 2. The number of aromatic nitrogens is 1. The van der Waals surface area contributed by atoms with Gasteiger partial charge >= 0.3 is 11.9 Å². The molecule has 0 N–H and O–H groups in total. The summed E-state index contributed by atoms with van der Waals surface area (Å²) in [6.45, 7) is 3.56. The molecule has 0 atom stereocenters. The van der Waals surface area contributed by atoms with Crippen LogP contribution in [0.2, 0.25) is 0 Å². The Bertz CT molecular complexity index is 482. The van der Waals surface area contributed by atoms with Crippen molar-refractivity contribution in [3.63, 3.8) is 0 Å². The Balaban J connectivity index is 1.97. The van der Waals surface area contributed by atoms with E-state index in [1.54, 1.807) is 6.92 Å². The highest BCUT2D eigenvalue weighted by molar-refractivity contribution is 8.00. The number of carbonyl (C=O) groups excluding carboxylic acids is 2. The highest BCUT2D eigenvalue weighted by atomic mass is 32.2. The third-order valence-corrected chi connectivity index (χ3v) is 4.68. The summed E-state index contributed by atoms with van der Waals surface area (Å²) in [4.78, 5) is 27.0. The zero-order valence-corrected chi connectivity index (χ0v) is 12.4. The molecule has 0 radical (unpaired) electrons. The third-order valence-electron chi connectivity index (χ3n) is 2.83. The molecule has 7 heteroatoms. The lowest BCUT2D eigenvalue weighted by atomic mass is 10.0. The van der Waals surface area contributed by atoms with Crippen molar-refractivity contribution in [2.75, 3.05) is 12.5 Å². The summed E-state index contributed by atoms with van der Waals surface area (Å²) in [7, 11) is 0. The van der Waals surface area contributed by atoms with E-state index in [1.807, 2.05) is 5.38 Å². The van der Waals surface area contributed by atoms with E-state index in [0.717, 1.165) is 22.9 Å². The second-order valence-corrected chi connectivity index (χ2v) is 6.23. The Labute approximate surface area is 119 Å². The first-order valence-electron chi connectivity index (χ1n) is 5.98. The average Bonchev–Trinajstić information content (AvgIpc) is 3.04. The highest BCUT2D eigenvalue weighted by Crippen LogP contribution is 2.49. The predicted molar refractivity (Wildman–Crippen MR) is 72.1 cm³/mol. The van der Waals surface area contributed by atoms with Gasteiger partial charge in [0, 0.05) is 12.3 Å². The number of hydrogen-bond acceptors (Lipinski definition) is 7. The van der Waals surface area contributed by atoms with E-state index in [1.165, 1.54) is 30.0 Å². The minimum absolute atomic E-state index is 0.183. The van der Waals surface area contributed by atoms with Crippen LogP contribution in [0.5, 0.6) is 0 Å². The Kier molecular flexibility index (Phi) is 4.46. The quantitative estimate of drug-likeness (QED) is 0.456. The number of thioether (sulfide) groups is 1. The first-order chi connectivity index (χ1) is 9.08. The Morgan fingerprint density at radius 3 is 2.79 bits per heavy atom. The molecular formula is C12H15NO4S2. The van der Waals surface area contributed by atoms with Crippen LogP contribution in [0.3, 0.4) is 0 Å². The van der Waals surface area contributed by atoms with Crippen molar-refractivity contribution in [3.8, 4) is 0 Å². The van der Waals surface area contributed by atoms with Gasteiger partial charge in [0.05, 0.1) is 12.3 Å². The fraction of sp³-hybridized carbons (Fsp3) is 0.583. The molecule has 104 valence electrons. The van der Waals surface area contributed by atoms with Crippen molar-refractivity contribution in [1.29, 1.82) is 0 Å². The molecule has 2 rings (SSSR count). The molecule has 0 aliphatic heterocycles. The van der Waals surface area contributed by atoms with Crippen molar-refractivity contribution in [3.05, 3.63) is 11.1 Å². The second-order valence-electron chi connectivity index (χ2n) is 4.20. The topological polar surface area (TPSA) is 65.5 Å². The normalized spacial score (nSPS) is 15.9. The molecule has 1 heterocycles. The van der Waals surface area contributed by atoms with Gasteiger partial charge in [0.1, 0.15) is 11.4 Å². The Hall–Kier alpha value is -1.08. The summed E-state index contributed by atoms with van der Waals surface area (Å²) in [5.74, 6) is -0.249. The first kappa shape index (κ1) is 14.3. The zero-order chi connectivity index (χ0) is 13.9. The van der Waals surface area contributed by atoms with E-state index in [2.05, 4.69) is 4.98 Å². The molecule has 19 heavy (non-hydrogen) atoms. The number of nitrogens with zero attached hydrogens (tertiary/aromatic N) is 1. The van der Waals surface area contributed by atoms with Gasteiger partial charge in [-0.3, -0.25) is 9.59 Å². The molecule has 1 saturated carbocycles. The number of thiazole rings is 1. The molecule has 1 fully saturated rings. The van der Waals surface area contributed by atoms with Crippen molar-refractivity contribution >= 4 is 35.0 Å². The molecule has 1 aliphatic carbocycles. The number of hydrogen-bond donors (Lipinski definition) is 0. The van der Waals surface area contributed by atoms with E-state index in [-0.39, 0.29) is 17.9 Å². The van der Waals surface area contributed by atoms with E-state index in [9.17, 15) is 9.59 Å². The van der Waals surface area contributed by atoms with Crippen LogP contribution < -0.4 is 0 Å². The maximum absolute atomic E-state index is 11.9. The fourth-order valence-corrected chi connectivity index (χ4v) is 3.36. The summed E-state index contributed by atoms with van der Waals surface area (Å²) >= 11 is 2.81. The molecule has 1 aromatic heterocycles. The molecule has 0 saturated heterocycles. The lowest BCUT2D eigenvalue weighted by Crippen LogP contribution is -2.23. The van der Waals surface area contributed by atoms with Gasteiger partial charge in [-0.05, 0) is 19.8 Å². The van der Waals surface area contributed by atoms with Crippen molar-refractivity contribution in [1.82, 2.24) is 4.98 Å². The number of ether oxygens (including phenoxy) is 2. The van der Waals surface area contributed by atoms with E-state index in [0.29, 0.717) is 6.61 Å². The standard InChI is InChI=1S/C12H15NO4S2/c1-3-16-10(15)12(4-5-12)9-6-18-11(13-9)19-7-17-8(2)14/h6H,3-5,7H2,1-2H3. The summed E-state index contributed by atoms with van der Waals surface area (Å²) in [5, 5.41) is 1.89. The van der Waals surface area contributed by atoms with Crippen LogP contribution in [0.1, 0.15) is 32.4 Å². The van der Waals surface area contributed by atoms with Gasteiger partial charge in [0.2, 0.25) is 0 Å². The Morgan fingerprint density at radius 2 is 2.21 bits per heavy atom. The van der Waals surface area contributed by atoms with Gasteiger partial charge in [0.15, 0.2) is 4.34 Å². The van der Waals surface area contributed by atoms with Crippen LogP contribution >= 0.6 is 23.1 Å². The maximum Gasteiger partial charge on any atom is 0.318 e. The van der Waals surface area contributed by atoms with Crippen molar-refractivity contribution in [2.24, 2.45) is 0 Å². The van der Waals surface area contributed by atoms with Gasteiger partial charge in [-0.2, -0.15) is 0 Å². The lowest BCUT2D eigenvalue weighted by Gasteiger charge is -2.10. The van der Waals surface area contributed by atoms with E-state index < -0.39 is 5.41 Å². The first-order valence-corrected chi connectivity index (χ1v) is 7.84. The van der Waals surface area contributed by atoms with Gasteiger partial charge < -0.3 is 9.47 Å². The monoisotopic (exact) mass is 301 g/mol. The molecule has 0 bridgehead atoms.